The molecule has 1 aromatic heterocycles. The summed E-state index contributed by atoms with van der Waals surface area (Å²) in [6.45, 7) is 1.95. The van der Waals surface area contributed by atoms with Crippen LogP contribution in [0.15, 0.2) is 23.6 Å². The second-order valence-corrected chi connectivity index (χ2v) is 5.74. The summed E-state index contributed by atoms with van der Waals surface area (Å²) >= 11 is 0. The van der Waals surface area contributed by atoms with E-state index in [1.54, 1.807) is 22.1 Å². The lowest BCUT2D eigenvalue weighted by Crippen LogP contribution is -2.52. The van der Waals surface area contributed by atoms with E-state index in [9.17, 15) is 14.4 Å². The van der Waals surface area contributed by atoms with Crippen LogP contribution in [0, 0.1) is 0 Å². The van der Waals surface area contributed by atoms with E-state index >= 15 is 0 Å². The zero-order chi connectivity index (χ0) is 16.4. The first kappa shape index (κ1) is 15.3. The first-order chi connectivity index (χ1) is 11.0. The maximum absolute atomic E-state index is 12.4. The molecule has 122 valence electrons. The van der Waals surface area contributed by atoms with Gasteiger partial charge in [-0.3, -0.25) is 14.4 Å². The molecule has 8 heteroatoms. The highest BCUT2D eigenvalue weighted by Gasteiger charge is 2.28. The predicted molar refractivity (Wildman–Crippen MR) is 82.7 cm³/mol. The Labute approximate surface area is 133 Å². The van der Waals surface area contributed by atoms with Crippen LogP contribution in [0.4, 0.5) is 0 Å². The number of nitrogens with one attached hydrogen (secondary N) is 1. The molecular formula is C15H19N5O3. The smallest absolute Gasteiger partial charge is 0.270 e. The summed E-state index contributed by atoms with van der Waals surface area (Å²) in [5.74, 6) is -0.336. The van der Waals surface area contributed by atoms with Crippen LogP contribution in [0.1, 0.15) is 23.2 Å². The molecule has 0 radical (unpaired) electrons. The van der Waals surface area contributed by atoms with Gasteiger partial charge in [-0.25, -0.2) is 5.43 Å². The van der Waals surface area contributed by atoms with E-state index < -0.39 is 0 Å². The number of hydrogen-bond donors (Lipinski definition) is 1. The number of nitrogens with zero attached hydrogens (tertiary/aromatic N) is 4. The average molecular weight is 317 g/mol. The minimum Gasteiger partial charge on any atom is -0.356 e. The van der Waals surface area contributed by atoms with Crippen LogP contribution in [0.3, 0.4) is 0 Å². The maximum atomic E-state index is 12.4. The van der Waals surface area contributed by atoms with Crippen molar-refractivity contribution in [1.29, 1.82) is 0 Å². The van der Waals surface area contributed by atoms with Crippen molar-refractivity contribution in [2.45, 2.75) is 12.8 Å². The molecule has 1 saturated heterocycles. The molecule has 2 aliphatic rings. The molecule has 1 aromatic rings. The summed E-state index contributed by atoms with van der Waals surface area (Å²) in [5, 5.41) is 3.83. The predicted octanol–water partition coefficient (Wildman–Crippen LogP) is -0.424. The van der Waals surface area contributed by atoms with Crippen molar-refractivity contribution < 1.29 is 14.4 Å². The number of rotatable bonds is 2. The molecule has 0 saturated carbocycles. The number of piperazine rings is 1. The van der Waals surface area contributed by atoms with E-state index in [2.05, 4.69) is 10.5 Å². The third kappa shape index (κ3) is 3.25. The molecule has 0 atom stereocenters. The van der Waals surface area contributed by atoms with Crippen molar-refractivity contribution in [2.75, 3.05) is 26.2 Å². The Bertz CT molecular complexity index is 670. The van der Waals surface area contributed by atoms with Crippen molar-refractivity contribution >= 4 is 23.4 Å². The van der Waals surface area contributed by atoms with Crippen molar-refractivity contribution in [2.24, 2.45) is 12.1 Å². The number of aryl methyl sites for hydroxylation is 1. The highest BCUT2D eigenvalue weighted by molar-refractivity contribution is 6.39. The number of hydrogen-bond acceptors (Lipinski definition) is 4. The molecule has 23 heavy (non-hydrogen) atoms. The van der Waals surface area contributed by atoms with E-state index in [0.29, 0.717) is 43.9 Å². The minimum absolute atomic E-state index is 0.0139. The van der Waals surface area contributed by atoms with E-state index in [1.807, 2.05) is 17.8 Å². The average Bonchev–Trinajstić information content (AvgIpc) is 3.01. The molecule has 1 fully saturated rings. The van der Waals surface area contributed by atoms with Gasteiger partial charge in [-0.2, -0.15) is 5.10 Å². The van der Waals surface area contributed by atoms with Gasteiger partial charge in [0.05, 0.1) is 5.56 Å². The lowest BCUT2D eigenvalue weighted by Gasteiger charge is -2.35. The molecule has 1 N–H and O–H groups in total. The first-order valence-electron chi connectivity index (χ1n) is 7.60. The molecule has 0 spiro atoms. The standard InChI is InChI=1S/C15H19N5O3/c1-18-5-4-11(10-18)14(22)19-6-8-20(9-7-19)15(23)12-2-3-13(21)17-16-12/h4-5,10H,2-3,6-9H2,1H3,(H,17,21). The van der Waals surface area contributed by atoms with Gasteiger partial charge >= 0.3 is 0 Å². The summed E-state index contributed by atoms with van der Waals surface area (Å²) in [6, 6.07) is 1.79. The number of carbonyl (C=O) groups is 3. The molecule has 0 aromatic carbocycles. The van der Waals surface area contributed by atoms with Crippen molar-refractivity contribution in [3.05, 3.63) is 24.0 Å². The quantitative estimate of drug-likeness (QED) is 0.803. The maximum Gasteiger partial charge on any atom is 0.270 e. The van der Waals surface area contributed by atoms with Gasteiger partial charge < -0.3 is 14.4 Å². The van der Waals surface area contributed by atoms with Crippen LogP contribution in [-0.4, -0.2) is 64.0 Å². The zero-order valence-corrected chi connectivity index (χ0v) is 13.0. The summed E-state index contributed by atoms with van der Waals surface area (Å²) in [6.07, 6.45) is 4.28. The Balaban J connectivity index is 1.57. The SMILES string of the molecule is Cn1ccc(C(=O)N2CCN(C(=O)C3=NNC(=O)CC3)CC2)c1. The highest BCUT2D eigenvalue weighted by atomic mass is 16.2. The van der Waals surface area contributed by atoms with E-state index in [4.69, 9.17) is 0 Å². The molecule has 8 nitrogen and oxygen atoms in total. The van der Waals surface area contributed by atoms with Gasteiger partial charge in [0.2, 0.25) is 5.91 Å². The fourth-order valence-electron chi connectivity index (χ4n) is 2.74. The third-order valence-corrected chi connectivity index (χ3v) is 4.08. The summed E-state index contributed by atoms with van der Waals surface area (Å²) in [5.41, 5.74) is 3.38. The third-order valence-electron chi connectivity index (χ3n) is 4.08. The summed E-state index contributed by atoms with van der Waals surface area (Å²) in [7, 11) is 1.87. The molecule has 0 aliphatic carbocycles. The van der Waals surface area contributed by atoms with E-state index in [-0.39, 0.29) is 24.1 Å². The van der Waals surface area contributed by atoms with Crippen LogP contribution in [-0.2, 0) is 16.6 Å². The van der Waals surface area contributed by atoms with Gasteiger partial charge in [-0.15, -0.1) is 0 Å². The first-order valence-corrected chi connectivity index (χ1v) is 7.60. The molecule has 3 amide bonds. The minimum atomic E-state index is -0.167. The van der Waals surface area contributed by atoms with Crippen LogP contribution >= 0.6 is 0 Å². The van der Waals surface area contributed by atoms with E-state index in [0.717, 1.165) is 0 Å². The molecule has 2 aliphatic heterocycles. The zero-order valence-electron chi connectivity index (χ0n) is 13.0. The Morgan fingerprint density at radius 3 is 2.26 bits per heavy atom. The van der Waals surface area contributed by atoms with Gasteiger partial charge in [0.1, 0.15) is 5.71 Å². The van der Waals surface area contributed by atoms with Gasteiger partial charge in [0.25, 0.3) is 11.8 Å². The topological polar surface area (TPSA) is 87.0 Å². The largest absolute Gasteiger partial charge is 0.356 e. The number of hydrazone groups is 1. The summed E-state index contributed by atoms with van der Waals surface area (Å²) in [4.78, 5) is 39.2. The van der Waals surface area contributed by atoms with E-state index in [1.165, 1.54) is 0 Å². The number of aromatic nitrogens is 1. The second-order valence-electron chi connectivity index (χ2n) is 5.74. The van der Waals surface area contributed by atoms with Gasteiger partial charge in [-0.05, 0) is 6.07 Å². The van der Waals surface area contributed by atoms with Gasteiger partial charge in [0, 0.05) is 58.5 Å². The molecule has 0 unspecified atom stereocenters. The fourth-order valence-corrected chi connectivity index (χ4v) is 2.74. The monoisotopic (exact) mass is 317 g/mol. The van der Waals surface area contributed by atoms with Crippen molar-refractivity contribution in [1.82, 2.24) is 19.8 Å². The Morgan fingerprint density at radius 1 is 1.09 bits per heavy atom. The van der Waals surface area contributed by atoms with Crippen LogP contribution < -0.4 is 5.43 Å². The molecule has 0 bridgehead atoms. The lowest BCUT2D eigenvalue weighted by molar-refractivity contribution is -0.126. The number of amides is 3. The lowest BCUT2D eigenvalue weighted by atomic mass is 10.1. The van der Waals surface area contributed by atoms with Gasteiger partial charge in [0.15, 0.2) is 0 Å². The molecule has 3 rings (SSSR count). The Hall–Kier alpha value is -2.64. The second kappa shape index (κ2) is 6.23. The Morgan fingerprint density at radius 2 is 1.74 bits per heavy atom. The normalized spacial score (nSPS) is 18.5. The number of carbonyl (C=O) groups excluding carboxylic acids is 3. The Kier molecular flexibility index (Phi) is 4.14. The molecule has 3 heterocycles. The molecular weight excluding hydrogens is 298 g/mol. The highest BCUT2D eigenvalue weighted by Crippen LogP contribution is 2.11. The summed E-state index contributed by atoms with van der Waals surface area (Å²) < 4.78 is 1.84. The van der Waals surface area contributed by atoms with Crippen molar-refractivity contribution in [3.8, 4) is 0 Å². The van der Waals surface area contributed by atoms with Crippen LogP contribution in [0.5, 0.6) is 0 Å². The van der Waals surface area contributed by atoms with Crippen LogP contribution in [0.25, 0.3) is 0 Å². The van der Waals surface area contributed by atoms with Crippen LogP contribution in [0.2, 0.25) is 0 Å². The van der Waals surface area contributed by atoms with Gasteiger partial charge in [-0.1, -0.05) is 0 Å². The van der Waals surface area contributed by atoms with Crippen molar-refractivity contribution in [3.63, 3.8) is 0 Å². The fraction of sp³-hybridized carbons (Fsp3) is 0.467.